The molecule has 0 heterocycles. The Morgan fingerprint density at radius 1 is 0.930 bits per heavy atom. The molecule has 7 nitrogen and oxygen atoms in total. The number of thioether (sulfide) groups is 1. The zero-order chi connectivity index (χ0) is 31.0. The van der Waals surface area contributed by atoms with E-state index in [4.69, 9.17) is 5.11 Å². The molecule has 1 unspecified atom stereocenters. The van der Waals surface area contributed by atoms with Crippen LogP contribution in [-0.2, 0) is 11.3 Å². The monoisotopic (exact) mass is 615 g/mol. The van der Waals surface area contributed by atoms with E-state index in [1.54, 1.807) is 12.1 Å². The number of hydrogen-bond donors (Lipinski definition) is 3. The smallest absolute Gasteiger partial charge is 0.446 e. The zero-order valence-electron chi connectivity index (χ0n) is 22.9. The normalized spacial score (nSPS) is 13.9. The Bertz CT molecular complexity index is 1460. The third-order valence-corrected chi connectivity index (χ3v) is 7.43. The molecule has 1 aliphatic carbocycles. The highest BCUT2D eigenvalue weighted by Gasteiger charge is 2.29. The second-order valence-electron chi connectivity index (χ2n) is 9.82. The maximum Gasteiger partial charge on any atom is 0.446 e. The molecule has 3 aromatic rings. The van der Waals surface area contributed by atoms with E-state index in [0.717, 1.165) is 31.2 Å². The Labute approximate surface area is 250 Å². The molecule has 4 rings (SSSR count). The van der Waals surface area contributed by atoms with E-state index in [2.05, 4.69) is 16.7 Å². The summed E-state index contributed by atoms with van der Waals surface area (Å²) in [6, 6.07) is 18.5. The van der Waals surface area contributed by atoms with Crippen molar-refractivity contribution >= 4 is 46.6 Å². The molecule has 0 saturated carbocycles. The van der Waals surface area contributed by atoms with Gasteiger partial charge in [0.1, 0.15) is 0 Å². The summed E-state index contributed by atoms with van der Waals surface area (Å²) in [6.07, 6.45) is 4.27. The van der Waals surface area contributed by atoms with Gasteiger partial charge in [0.15, 0.2) is 0 Å². The maximum absolute atomic E-state index is 13.5. The van der Waals surface area contributed by atoms with Crippen molar-refractivity contribution in [1.82, 2.24) is 5.32 Å². The Morgan fingerprint density at radius 3 is 2.19 bits per heavy atom. The SMILES string of the molecule is O=C(NCC(F)C(=O)O)c1ccc(CN(C(=O)Nc2ccc(SC(F)(F)F)cc2)c2ccc(C3=CCCCC3)cc2)cc1. The first-order valence-corrected chi connectivity index (χ1v) is 14.3. The minimum atomic E-state index is -4.42. The quantitative estimate of drug-likeness (QED) is 0.161. The summed E-state index contributed by atoms with van der Waals surface area (Å²) in [7, 11) is 0. The van der Waals surface area contributed by atoms with Gasteiger partial charge in [-0.25, -0.2) is 14.0 Å². The van der Waals surface area contributed by atoms with Gasteiger partial charge in [-0.2, -0.15) is 13.2 Å². The first-order chi connectivity index (χ1) is 20.5. The first kappa shape index (κ1) is 31.6. The number of allylic oxidation sites excluding steroid dienone is 2. The van der Waals surface area contributed by atoms with Crippen LogP contribution in [0, 0.1) is 0 Å². The lowest BCUT2D eigenvalue weighted by atomic mass is 9.93. The van der Waals surface area contributed by atoms with Crippen LogP contribution in [0.3, 0.4) is 0 Å². The minimum Gasteiger partial charge on any atom is -0.479 e. The van der Waals surface area contributed by atoms with E-state index in [-0.39, 0.29) is 28.8 Å². The fourth-order valence-corrected chi connectivity index (χ4v) is 5.02. The summed E-state index contributed by atoms with van der Waals surface area (Å²) >= 11 is -0.246. The average molecular weight is 616 g/mol. The van der Waals surface area contributed by atoms with Crippen molar-refractivity contribution in [1.29, 1.82) is 0 Å². The highest BCUT2D eigenvalue weighted by molar-refractivity contribution is 8.00. The highest BCUT2D eigenvalue weighted by Crippen LogP contribution is 2.37. The van der Waals surface area contributed by atoms with Crippen LogP contribution in [0.1, 0.15) is 47.2 Å². The number of alkyl halides is 4. The van der Waals surface area contributed by atoms with Crippen LogP contribution in [0.5, 0.6) is 0 Å². The van der Waals surface area contributed by atoms with Gasteiger partial charge in [0.25, 0.3) is 5.91 Å². The van der Waals surface area contributed by atoms with Crippen molar-refractivity contribution in [2.75, 3.05) is 16.8 Å². The molecular weight excluding hydrogens is 586 g/mol. The lowest BCUT2D eigenvalue weighted by Gasteiger charge is -2.24. The topological polar surface area (TPSA) is 98.7 Å². The summed E-state index contributed by atoms with van der Waals surface area (Å²) in [5, 5.41) is 13.6. The number of carboxylic acids is 1. The van der Waals surface area contributed by atoms with Gasteiger partial charge >= 0.3 is 17.5 Å². The lowest BCUT2D eigenvalue weighted by Crippen LogP contribution is -2.35. The van der Waals surface area contributed by atoms with Gasteiger partial charge in [0.2, 0.25) is 6.17 Å². The van der Waals surface area contributed by atoms with Gasteiger partial charge in [-0.1, -0.05) is 30.3 Å². The number of benzene rings is 3. The average Bonchev–Trinajstić information content (AvgIpc) is 2.99. The fourth-order valence-electron chi connectivity index (χ4n) is 4.48. The molecular formula is C31H29F4N3O4S. The predicted octanol–water partition coefficient (Wildman–Crippen LogP) is 7.65. The van der Waals surface area contributed by atoms with E-state index in [1.807, 2.05) is 24.3 Å². The molecule has 0 spiro atoms. The second kappa shape index (κ2) is 14.2. The predicted molar refractivity (Wildman–Crippen MR) is 158 cm³/mol. The molecule has 12 heteroatoms. The zero-order valence-corrected chi connectivity index (χ0v) is 23.7. The van der Waals surface area contributed by atoms with Gasteiger partial charge in [0.05, 0.1) is 13.1 Å². The third-order valence-electron chi connectivity index (χ3n) is 6.69. The van der Waals surface area contributed by atoms with Gasteiger partial charge in [-0.3, -0.25) is 9.69 Å². The van der Waals surface area contributed by atoms with Crippen LogP contribution in [0.2, 0.25) is 0 Å². The molecule has 0 radical (unpaired) electrons. The first-order valence-electron chi connectivity index (χ1n) is 13.5. The molecule has 3 N–H and O–H groups in total. The van der Waals surface area contributed by atoms with E-state index in [1.165, 1.54) is 46.9 Å². The molecule has 0 saturated heterocycles. The van der Waals surface area contributed by atoms with Crippen LogP contribution in [-0.4, -0.2) is 41.2 Å². The van der Waals surface area contributed by atoms with Gasteiger partial charge < -0.3 is 15.7 Å². The van der Waals surface area contributed by atoms with Gasteiger partial charge in [-0.05, 0) is 103 Å². The largest absolute Gasteiger partial charge is 0.479 e. The van der Waals surface area contributed by atoms with Crippen molar-refractivity contribution in [2.45, 2.75) is 48.8 Å². The number of carbonyl (C=O) groups is 3. The van der Waals surface area contributed by atoms with Crippen molar-refractivity contribution in [3.05, 3.63) is 95.6 Å². The number of aliphatic carboxylic acids is 1. The molecule has 1 atom stereocenters. The van der Waals surface area contributed by atoms with E-state index in [9.17, 15) is 31.9 Å². The molecule has 226 valence electrons. The molecule has 0 aromatic heterocycles. The summed E-state index contributed by atoms with van der Waals surface area (Å²) in [5.74, 6) is -2.32. The van der Waals surface area contributed by atoms with Crippen LogP contribution in [0.25, 0.3) is 5.57 Å². The number of nitrogens with one attached hydrogen (secondary N) is 2. The van der Waals surface area contributed by atoms with Crippen LogP contribution in [0.15, 0.2) is 83.8 Å². The Morgan fingerprint density at radius 2 is 1.60 bits per heavy atom. The lowest BCUT2D eigenvalue weighted by molar-refractivity contribution is -0.142. The molecule has 0 fully saturated rings. The van der Waals surface area contributed by atoms with Crippen molar-refractivity contribution < 1.29 is 37.1 Å². The number of amides is 3. The molecule has 0 aliphatic heterocycles. The van der Waals surface area contributed by atoms with Crippen molar-refractivity contribution in [3.63, 3.8) is 0 Å². The Hall–Kier alpha value is -4.32. The molecule has 3 amide bonds. The number of nitrogens with zero attached hydrogens (tertiary/aromatic N) is 1. The van der Waals surface area contributed by atoms with Crippen LogP contribution < -0.4 is 15.5 Å². The summed E-state index contributed by atoms with van der Waals surface area (Å²) in [6.45, 7) is -0.587. The number of hydrogen-bond acceptors (Lipinski definition) is 4. The van der Waals surface area contributed by atoms with E-state index < -0.39 is 36.1 Å². The summed E-state index contributed by atoms with van der Waals surface area (Å²) in [4.78, 5) is 37.8. The van der Waals surface area contributed by atoms with Crippen LogP contribution in [0.4, 0.5) is 33.7 Å². The number of carbonyl (C=O) groups excluding carboxylic acids is 2. The molecule has 1 aliphatic rings. The van der Waals surface area contributed by atoms with E-state index in [0.29, 0.717) is 16.9 Å². The number of halogens is 4. The number of carboxylic acid groups (broad SMARTS) is 1. The van der Waals surface area contributed by atoms with Crippen molar-refractivity contribution in [2.24, 2.45) is 0 Å². The minimum absolute atomic E-state index is 0.0101. The third kappa shape index (κ3) is 9.34. The van der Waals surface area contributed by atoms with E-state index >= 15 is 0 Å². The molecule has 0 bridgehead atoms. The summed E-state index contributed by atoms with van der Waals surface area (Å²) < 4.78 is 51.4. The highest BCUT2D eigenvalue weighted by atomic mass is 32.2. The molecule has 3 aromatic carbocycles. The Balaban J connectivity index is 1.52. The van der Waals surface area contributed by atoms with Crippen LogP contribution >= 0.6 is 11.8 Å². The van der Waals surface area contributed by atoms with Crippen molar-refractivity contribution in [3.8, 4) is 0 Å². The fraction of sp³-hybridized carbons (Fsp3) is 0.258. The summed E-state index contributed by atoms with van der Waals surface area (Å²) in [5.41, 5.74) is -0.393. The standard InChI is InChI=1S/C31H29F4N3O4S/c32-27(29(40)41)18-36-28(39)23-8-6-20(7-9-23)19-38(25-14-10-22(11-15-25)21-4-2-1-3-5-21)30(42)37-24-12-16-26(17-13-24)43-31(33,34)35/h4,6-17,27H,1-3,5,18-19H2,(H,36,39)(H,37,42)(H,40,41). The van der Waals surface area contributed by atoms with Gasteiger partial charge in [0, 0.05) is 21.8 Å². The van der Waals surface area contributed by atoms with Gasteiger partial charge in [-0.15, -0.1) is 0 Å². The number of rotatable bonds is 10. The number of anilines is 2. The molecule has 43 heavy (non-hydrogen) atoms. The Kier molecular flexibility index (Phi) is 10.5. The second-order valence-corrected chi connectivity index (χ2v) is 11.0. The number of urea groups is 1. The maximum atomic E-state index is 13.5.